The molecule has 1 aromatic rings. The van der Waals surface area contributed by atoms with Crippen LogP contribution in [0.15, 0.2) is 18.3 Å². The van der Waals surface area contributed by atoms with Crippen LogP contribution in [-0.4, -0.2) is 31.9 Å². The number of methoxy groups -OCH3 is 1. The highest BCUT2D eigenvalue weighted by Gasteiger charge is 2.04. The van der Waals surface area contributed by atoms with Gasteiger partial charge in [0, 0.05) is 38.4 Å². The first-order valence-electron chi connectivity index (χ1n) is 6.50. The van der Waals surface area contributed by atoms with Crippen LogP contribution in [0.1, 0.15) is 25.8 Å². The van der Waals surface area contributed by atoms with E-state index in [1.807, 2.05) is 12.1 Å². The molecule has 0 unspecified atom stereocenters. The van der Waals surface area contributed by atoms with E-state index in [1.165, 1.54) is 0 Å². The van der Waals surface area contributed by atoms with E-state index < -0.39 is 0 Å². The van der Waals surface area contributed by atoms with Crippen molar-refractivity contribution in [3.8, 4) is 5.88 Å². The Hall–Kier alpha value is -1.13. The Morgan fingerprint density at radius 2 is 2.17 bits per heavy atom. The molecule has 0 saturated heterocycles. The number of pyridine rings is 1. The van der Waals surface area contributed by atoms with E-state index in [-0.39, 0.29) is 0 Å². The molecular weight excluding hydrogens is 228 g/mol. The first-order valence-corrected chi connectivity index (χ1v) is 6.50. The molecule has 0 aliphatic carbocycles. The Kier molecular flexibility index (Phi) is 7.37. The first-order chi connectivity index (χ1) is 8.74. The van der Waals surface area contributed by atoms with Crippen molar-refractivity contribution in [2.24, 2.45) is 5.92 Å². The molecule has 0 spiro atoms. The van der Waals surface area contributed by atoms with Gasteiger partial charge in [-0.2, -0.15) is 0 Å². The highest BCUT2D eigenvalue weighted by atomic mass is 16.5. The predicted molar refractivity (Wildman–Crippen MR) is 72.8 cm³/mol. The highest BCUT2D eigenvalue weighted by Crippen LogP contribution is 2.14. The van der Waals surface area contributed by atoms with Gasteiger partial charge in [0.15, 0.2) is 0 Å². The molecule has 0 aromatic carbocycles. The summed E-state index contributed by atoms with van der Waals surface area (Å²) in [4.78, 5) is 4.27. The number of hydrogen-bond donors (Lipinski definition) is 1. The fourth-order valence-electron chi connectivity index (χ4n) is 1.56. The van der Waals surface area contributed by atoms with E-state index in [2.05, 4.69) is 24.1 Å². The molecule has 18 heavy (non-hydrogen) atoms. The van der Waals surface area contributed by atoms with E-state index in [9.17, 15) is 0 Å². The normalized spacial score (nSPS) is 10.9. The number of aromatic nitrogens is 1. The fraction of sp³-hybridized carbons (Fsp3) is 0.643. The molecule has 1 rings (SSSR count). The molecule has 0 aliphatic heterocycles. The van der Waals surface area contributed by atoms with Crippen molar-refractivity contribution in [3.05, 3.63) is 23.9 Å². The second kappa shape index (κ2) is 8.89. The number of nitrogens with zero attached hydrogens (tertiary/aromatic N) is 1. The molecule has 0 amide bonds. The molecule has 0 bridgehead atoms. The molecule has 0 saturated carbocycles. The quantitative estimate of drug-likeness (QED) is 0.685. The van der Waals surface area contributed by atoms with E-state index in [4.69, 9.17) is 9.47 Å². The second-order valence-electron chi connectivity index (χ2n) is 4.69. The van der Waals surface area contributed by atoms with Gasteiger partial charge in [-0.3, -0.25) is 0 Å². The minimum atomic E-state index is 0.641. The average molecular weight is 252 g/mol. The molecular formula is C14H24N2O2. The molecule has 0 radical (unpaired) electrons. The summed E-state index contributed by atoms with van der Waals surface area (Å²) in [5.41, 5.74) is 1.11. The third kappa shape index (κ3) is 5.98. The first kappa shape index (κ1) is 14.9. The lowest BCUT2D eigenvalue weighted by molar-refractivity contribution is 0.170. The lowest BCUT2D eigenvalue weighted by atomic mass is 10.2. The number of nitrogens with one attached hydrogen (secondary N) is 1. The van der Waals surface area contributed by atoms with E-state index >= 15 is 0 Å². The van der Waals surface area contributed by atoms with E-state index in [0.717, 1.165) is 31.0 Å². The third-order valence-corrected chi connectivity index (χ3v) is 2.45. The van der Waals surface area contributed by atoms with Crippen molar-refractivity contribution < 1.29 is 9.47 Å². The number of rotatable bonds is 9. The molecule has 102 valence electrons. The summed E-state index contributed by atoms with van der Waals surface area (Å²) < 4.78 is 10.7. The Bertz CT molecular complexity index is 329. The zero-order chi connectivity index (χ0) is 13.2. The minimum absolute atomic E-state index is 0.641. The van der Waals surface area contributed by atoms with Crippen LogP contribution >= 0.6 is 0 Å². The van der Waals surface area contributed by atoms with Crippen molar-refractivity contribution in [3.63, 3.8) is 0 Å². The van der Waals surface area contributed by atoms with Gasteiger partial charge in [-0.1, -0.05) is 19.9 Å². The van der Waals surface area contributed by atoms with Crippen LogP contribution in [0.2, 0.25) is 0 Å². The minimum Gasteiger partial charge on any atom is -0.477 e. The van der Waals surface area contributed by atoms with E-state index in [0.29, 0.717) is 19.1 Å². The largest absolute Gasteiger partial charge is 0.477 e. The van der Waals surface area contributed by atoms with Gasteiger partial charge in [-0.15, -0.1) is 0 Å². The van der Waals surface area contributed by atoms with Crippen LogP contribution in [0, 0.1) is 5.92 Å². The zero-order valence-electron chi connectivity index (χ0n) is 11.6. The van der Waals surface area contributed by atoms with Crippen LogP contribution in [0.25, 0.3) is 0 Å². The van der Waals surface area contributed by atoms with Crippen molar-refractivity contribution >= 4 is 0 Å². The van der Waals surface area contributed by atoms with Gasteiger partial charge in [0.2, 0.25) is 5.88 Å². The van der Waals surface area contributed by atoms with Crippen LogP contribution < -0.4 is 10.1 Å². The van der Waals surface area contributed by atoms with Crippen LogP contribution in [0.3, 0.4) is 0 Å². The van der Waals surface area contributed by atoms with Crippen LogP contribution in [-0.2, 0) is 11.3 Å². The number of hydrogen-bond acceptors (Lipinski definition) is 4. The summed E-state index contributed by atoms with van der Waals surface area (Å²) in [6.45, 7) is 7.54. The SMILES string of the molecule is COCCCOc1ncccc1CNCC(C)C. The molecule has 1 N–H and O–H groups in total. The Labute approximate surface area is 110 Å². The van der Waals surface area contributed by atoms with Gasteiger partial charge in [-0.05, 0) is 18.5 Å². The fourth-order valence-corrected chi connectivity index (χ4v) is 1.56. The second-order valence-corrected chi connectivity index (χ2v) is 4.69. The Morgan fingerprint density at radius 1 is 1.33 bits per heavy atom. The Balaban J connectivity index is 2.40. The summed E-state index contributed by atoms with van der Waals surface area (Å²) in [7, 11) is 1.70. The van der Waals surface area contributed by atoms with Gasteiger partial charge >= 0.3 is 0 Å². The average Bonchev–Trinajstić information content (AvgIpc) is 2.36. The Morgan fingerprint density at radius 3 is 2.89 bits per heavy atom. The third-order valence-electron chi connectivity index (χ3n) is 2.45. The van der Waals surface area contributed by atoms with Gasteiger partial charge in [0.25, 0.3) is 0 Å². The standard InChI is InChI=1S/C14H24N2O2/c1-12(2)10-15-11-13-6-4-7-16-14(13)18-9-5-8-17-3/h4,6-7,12,15H,5,8-11H2,1-3H3. The van der Waals surface area contributed by atoms with Crippen molar-refractivity contribution in [1.29, 1.82) is 0 Å². The lowest BCUT2D eigenvalue weighted by Gasteiger charge is -2.11. The van der Waals surface area contributed by atoms with Gasteiger partial charge in [-0.25, -0.2) is 4.98 Å². The molecule has 1 heterocycles. The van der Waals surface area contributed by atoms with E-state index in [1.54, 1.807) is 13.3 Å². The summed E-state index contributed by atoms with van der Waals surface area (Å²) in [6.07, 6.45) is 2.64. The summed E-state index contributed by atoms with van der Waals surface area (Å²) >= 11 is 0. The molecule has 4 nitrogen and oxygen atoms in total. The summed E-state index contributed by atoms with van der Waals surface area (Å²) in [6, 6.07) is 3.99. The van der Waals surface area contributed by atoms with Crippen LogP contribution in [0.4, 0.5) is 0 Å². The zero-order valence-corrected chi connectivity index (χ0v) is 11.6. The summed E-state index contributed by atoms with van der Waals surface area (Å²) in [5, 5.41) is 3.40. The maximum Gasteiger partial charge on any atom is 0.217 e. The van der Waals surface area contributed by atoms with Crippen molar-refractivity contribution in [1.82, 2.24) is 10.3 Å². The maximum atomic E-state index is 5.67. The smallest absolute Gasteiger partial charge is 0.217 e. The summed E-state index contributed by atoms with van der Waals surface area (Å²) in [5.74, 6) is 1.37. The maximum absolute atomic E-state index is 5.67. The van der Waals surface area contributed by atoms with Crippen LogP contribution in [0.5, 0.6) is 5.88 Å². The molecule has 4 heteroatoms. The highest BCUT2D eigenvalue weighted by molar-refractivity contribution is 5.25. The van der Waals surface area contributed by atoms with Crippen molar-refractivity contribution in [2.75, 3.05) is 26.9 Å². The molecule has 0 atom stereocenters. The van der Waals surface area contributed by atoms with Gasteiger partial charge < -0.3 is 14.8 Å². The monoisotopic (exact) mass is 252 g/mol. The van der Waals surface area contributed by atoms with Gasteiger partial charge in [0.1, 0.15) is 0 Å². The lowest BCUT2D eigenvalue weighted by Crippen LogP contribution is -2.19. The van der Waals surface area contributed by atoms with Crippen molar-refractivity contribution in [2.45, 2.75) is 26.8 Å². The molecule has 0 aliphatic rings. The molecule has 0 fully saturated rings. The van der Waals surface area contributed by atoms with Gasteiger partial charge in [0.05, 0.1) is 6.61 Å². The topological polar surface area (TPSA) is 43.4 Å². The molecule has 1 aromatic heterocycles. The number of ether oxygens (including phenoxy) is 2. The predicted octanol–water partition coefficient (Wildman–Crippen LogP) is 2.24.